The Hall–Kier alpha value is -8.56. The van der Waals surface area contributed by atoms with Crippen molar-refractivity contribution in [1.29, 1.82) is 0 Å². The van der Waals surface area contributed by atoms with E-state index in [9.17, 15) is 0 Å². The second-order valence-electron chi connectivity index (χ2n) is 16.9. The van der Waals surface area contributed by atoms with Gasteiger partial charge in [-0.25, -0.2) is 15.0 Å². The zero-order valence-corrected chi connectivity index (χ0v) is 37.9. The van der Waals surface area contributed by atoms with Gasteiger partial charge in [-0.05, 0) is 81.9 Å². The Bertz CT molecular complexity index is 3500. The lowest BCUT2D eigenvalue weighted by Gasteiger charge is -2.24. The number of nitrogens with zero attached hydrogens (tertiary/aromatic N) is 4. The Balaban J connectivity index is 1.15. The summed E-state index contributed by atoms with van der Waals surface area (Å²) in [6, 6.07) is 73.9. The van der Waals surface area contributed by atoms with Gasteiger partial charge in [0.15, 0.2) is 17.5 Å². The molecule has 320 valence electrons. The number of rotatable bonds is 10. The third-order valence-corrected chi connectivity index (χ3v) is 14.1. The lowest BCUT2D eigenvalue weighted by molar-refractivity contribution is 0.915. The first-order valence-corrected chi connectivity index (χ1v) is 23.8. The summed E-state index contributed by atoms with van der Waals surface area (Å²) in [4.78, 5) is 16.7. The predicted octanol–water partition coefficient (Wildman–Crippen LogP) is 15.7. The van der Waals surface area contributed by atoms with Crippen molar-refractivity contribution in [3.05, 3.63) is 254 Å². The number of fused-ring (bicyclic) bond motifs is 6. The van der Waals surface area contributed by atoms with Crippen molar-refractivity contribution in [2.75, 3.05) is 0 Å². The van der Waals surface area contributed by atoms with Crippen LogP contribution in [0, 0.1) is 12.1 Å². The highest BCUT2D eigenvalue weighted by Crippen LogP contribution is 2.52. The fourth-order valence-corrected chi connectivity index (χ4v) is 11.0. The standard InChI is InChI=1S/C63H42N4S/c1-2-3-4-14-29-60-64-62(48-23-12-7-13-24-48)66-63(65-60)49-38-52(46-34-30-44(31-35-46)42-19-8-5-9-20-42)61(53(39-49)47-36-32-45(33-37-47)43-21-10-6-11-22-43)67-56-27-17-15-25-50(56)54-40-55-51-26-16-18-28-58(51)68-59(55)41-57(54)67/h2-32,34-36,38-40,59H,1,41H2/b4-3-,29-14+. The van der Waals surface area contributed by atoms with E-state index in [4.69, 9.17) is 15.0 Å². The first-order valence-electron chi connectivity index (χ1n) is 22.9. The molecule has 0 saturated carbocycles. The molecule has 0 fully saturated rings. The number of hydrogen-bond donors (Lipinski definition) is 0. The molecule has 8 aromatic carbocycles. The van der Waals surface area contributed by atoms with Crippen LogP contribution in [0.1, 0.15) is 22.6 Å². The van der Waals surface area contributed by atoms with Gasteiger partial charge in [0.25, 0.3) is 0 Å². The van der Waals surface area contributed by atoms with E-state index in [1.165, 1.54) is 38.2 Å². The number of hydrogen-bond acceptors (Lipinski definition) is 4. The van der Waals surface area contributed by atoms with Crippen molar-refractivity contribution < 1.29 is 0 Å². The van der Waals surface area contributed by atoms with Gasteiger partial charge >= 0.3 is 0 Å². The van der Waals surface area contributed by atoms with Crippen LogP contribution in [-0.4, -0.2) is 24.8 Å². The van der Waals surface area contributed by atoms with Gasteiger partial charge in [0.05, 0.1) is 11.2 Å². The predicted molar refractivity (Wildman–Crippen MR) is 283 cm³/mol. The quantitative estimate of drug-likeness (QED) is 0.128. The topological polar surface area (TPSA) is 43.6 Å². The molecule has 0 N–H and O–H groups in total. The summed E-state index contributed by atoms with van der Waals surface area (Å²) >= 11 is 1.98. The summed E-state index contributed by atoms with van der Waals surface area (Å²) in [6.07, 6.45) is 12.8. The van der Waals surface area contributed by atoms with Gasteiger partial charge in [0.2, 0.25) is 0 Å². The zero-order chi connectivity index (χ0) is 45.4. The van der Waals surface area contributed by atoms with Gasteiger partial charge in [0, 0.05) is 66.6 Å². The van der Waals surface area contributed by atoms with Gasteiger partial charge in [-0.3, -0.25) is 0 Å². The Morgan fingerprint density at radius 2 is 1.15 bits per heavy atom. The molecule has 12 rings (SSSR count). The highest BCUT2D eigenvalue weighted by molar-refractivity contribution is 8.00. The minimum absolute atomic E-state index is 0.291. The molecule has 1 aliphatic heterocycles. The average molecular weight is 887 g/mol. The molecule has 4 nitrogen and oxygen atoms in total. The van der Waals surface area contributed by atoms with Crippen molar-refractivity contribution in [3.63, 3.8) is 0 Å². The maximum Gasteiger partial charge on any atom is 0.164 e. The summed E-state index contributed by atoms with van der Waals surface area (Å²) in [5.41, 5.74) is 17.7. The molecular weight excluding hydrogens is 845 g/mol. The van der Waals surface area contributed by atoms with Crippen molar-refractivity contribution >= 4 is 40.4 Å². The minimum atomic E-state index is 0.291. The molecule has 0 amide bonds. The van der Waals surface area contributed by atoms with Crippen LogP contribution in [0.3, 0.4) is 0 Å². The average Bonchev–Trinajstić information content (AvgIpc) is 3.94. The van der Waals surface area contributed by atoms with Gasteiger partial charge in [-0.2, -0.15) is 0 Å². The molecule has 1 unspecified atom stereocenters. The van der Waals surface area contributed by atoms with E-state index < -0.39 is 0 Å². The third kappa shape index (κ3) is 7.57. The second kappa shape index (κ2) is 17.7. The fourth-order valence-electron chi connectivity index (χ4n) is 9.61. The van der Waals surface area contributed by atoms with Crippen LogP contribution in [0.15, 0.2) is 224 Å². The lowest BCUT2D eigenvalue weighted by Crippen LogP contribution is -2.15. The van der Waals surface area contributed by atoms with Crippen molar-refractivity contribution in [2.24, 2.45) is 0 Å². The van der Waals surface area contributed by atoms with E-state index >= 15 is 0 Å². The van der Waals surface area contributed by atoms with E-state index in [1.807, 2.05) is 72.5 Å². The summed E-state index contributed by atoms with van der Waals surface area (Å²) in [5, 5.41) is 1.52. The summed E-state index contributed by atoms with van der Waals surface area (Å²) in [5.74, 6) is 1.72. The van der Waals surface area contributed by atoms with Gasteiger partial charge in [-0.15, -0.1) is 11.8 Å². The Morgan fingerprint density at radius 3 is 1.90 bits per heavy atom. The van der Waals surface area contributed by atoms with Crippen LogP contribution < -0.4 is 0 Å². The van der Waals surface area contributed by atoms with Crippen molar-refractivity contribution in [2.45, 2.75) is 16.6 Å². The normalized spacial score (nSPS) is 13.8. The molecule has 0 radical (unpaired) electrons. The number of para-hydroxylation sites is 1. The van der Waals surface area contributed by atoms with E-state index in [0.717, 1.165) is 67.7 Å². The largest absolute Gasteiger partial charge is 0.312 e. The first-order chi connectivity index (χ1) is 33.7. The molecular formula is C63H42N4S. The third-order valence-electron chi connectivity index (χ3n) is 12.8. The van der Waals surface area contributed by atoms with Crippen molar-refractivity contribution in [3.8, 4) is 73.0 Å². The molecule has 2 aliphatic rings. The second-order valence-corrected chi connectivity index (χ2v) is 18.2. The molecule has 0 spiro atoms. The number of thioether (sulfide) groups is 1. The van der Waals surface area contributed by atoms with Gasteiger partial charge in [0.1, 0.15) is 0 Å². The molecule has 2 aromatic heterocycles. The van der Waals surface area contributed by atoms with Crippen LogP contribution in [-0.2, 0) is 6.42 Å². The lowest BCUT2D eigenvalue weighted by atomic mass is 9.90. The van der Waals surface area contributed by atoms with Crippen molar-refractivity contribution in [1.82, 2.24) is 19.5 Å². The van der Waals surface area contributed by atoms with E-state index in [1.54, 1.807) is 6.08 Å². The molecule has 1 atom stereocenters. The summed E-state index contributed by atoms with van der Waals surface area (Å²) < 4.78 is 2.54. The van der Waals surface area contributed by atoms with Gasteiger partial charge < -0.3 is 4.57 Å². The maximum absolute atomic E-state index is 5.24. The summed E-state index contributed by atoms with van der Waals surface area (Å²) in [7, 11) is 0. The molecule has 0 saturated heterocycles. The molecule has 5 heteroatoms. The zero-order valence-electron chi connectivity index (χ0n) is 37.1. The molecule has 10 aromatic rings. The van der Waals surface area contributed by atoms with Crippen LogP contribution in [0.4, 0.5) is 0 Å². The SMILES string of the molecule is C=C/C=C\C=C\c1nc(-c2ccccc2)nc(-c2cc(-c3c#cc(-c4ccccc4)cc3)c(-n3c4c(c5ccccc53)C=C3c5ccccc5SC3C4)c(-c3ccc(-c4ccccc4)cc3)c2)n1. The number of aromatic nitrogens is 4. The Morgan fingerprint density at radius 1 is 0.529 bits per heavy atom. The Kier molecular flexibility index (Phi) is 10.6. The van der Waals surface area contributed by atoms with E-state index in [0.29, 0.717) is 22.7 Å². The maximum atomic E-state index is 5.24. The van der Waals surface area contributed by atoms with Crippen LogP contribution in [0.25, 0.3) is 102 Å². The van der Waals surface area contributed by atoms with E-state index in [-0.39, 0.29) is 0 Å². The highest BCUT2D eigenvalue weighted by atomic mass is 32.2. The fraction of sp³-hybridized carbons (Fsp3) is 0.0317. The van der Waals surface area contributed by atoms with Crippen LogP contribution in [0.2, 0.25) is 0 Å². The molecule has 68 heavy (non-hydrogen) atoms. The monoisotopic (exact) mass is 886 g/mol. The molecule has 1 aliphatic carbocycles. The van der Waals surface area contributed by atoms with E-state index in [2.05, 4.69) is 181 Å². The minimum Gasteiger partial charge on any atom is -0.312 e. The number of benzene rings is 7. The van der Waals surface area contributed by atoms with Crippen LogP contribution in [0.5, 0.6) is 0 Å². The molecule has 0 bridgehead atoms. The van der Waals surface area contributed by atoms with Crippen LogP contribution >= 0.6 is 11.8 Å². The smallest absolute Gasteiger partial charge is 0.164 e. The first kappa shape index (κ1) is 40.9. The van der Waals surface area contributed by atoms with Gasteiger partial charge in [-0.1, -0.05) is 195 Å². The molecule has 3 heterocycles. The number of allylic oxidation sites excluding steroid dienone is 4. The Labute approximate surface area is 401 Å². The highest BCUT2D eigenvalue weighted by Gasteiger charge is 2.35. The summed E-state index contributed by atoms with van der Waals surface area (Å²) in [6.45, 7) is 3.84.